The summed E-state index contributed by atoms with van der Waals surface area (Å²) in [5, 5.41) is 8.24. The average molecular weight is 274 g/mol. The summed E-state index contributed by atoms with van der Waals surface area (Å²) in [6.45, 7) is 7.97. The van der Waals surface area contributed by atoms with Crippen LogP contribution in [0, 0.1) is 6.92 Å². The standard InChI is InChI=1S/C14H22N6/c1-3-19(9-13-6-4-5-12(2)16-13)10-14-11-20(8-7-15)18-17-14/h4-6,11H,3,7-10,15H2,1-2H3. The van der Waals surface area contributed by atoms with Crippen molar-refractivity contribution in [1.82, 2.24) is 24.9 Å². The molecule has 0 amide bonds. The molecule has 6 nitrogen and oxygen atoms in total. The molecule has 20 heavy (non-hydrogen) atoms. The molecule has 0 saturated carbocycles. The van der Waals surface area contributed by atoms with E-state index in [-0.39, 0.29) is 0 Å². The summed E-state index contributed by atoms with van der Waals surface area (Å²) < 4.78 is 1.79. The summed E-state index contributed by atoms with van der Waals surface area (Å²) in [4.78, 5) is 6.83. The van der Waals surface area contributed by atoms with Crippen molar-refractivity contribution in [3.63, 3.8) is 0 Å². The molecule has 0 aliphatic carbocycles. The fourth-order valence-electron chi connectivity index (χ4n) is 2.08. The van der Waals surface area contributed by atoms with Crippen molar-refractivity contribution < 1.29 is 0 Å². The van der Waals surface area contributed by atoms with Crippen LogP contribution in [-0.4, -0.2) is 38.0 Å². The van der Waals surface area contributed by atoms with E-state index in [1.807, 2.05) is 25.3 Å². The zero-order valence-electron chi connectivity index (χ0n) is 12.2. The van der Waals surface area contributed by atoms with E-state index in [2.05, 4.69) is 33.2 Å². The maximum Gasteiger partial charge on any atom is 0.0967 e. The van der Waals surface area contributed by atoms with Gasteiger partial charge >= 0.3 is 0 Å². The van der Waals surface area contributed by atoms with Gasteiger partial charge in [-0.05, 0) is 25.6 Å². The van der Waals surface area contributed by atoms with Gasteiger partial charge in [0, 0.05) is 31.5 Å². The molecular weight excluding hydrogens is 252 g/mol. The number of rotatable bonds is 7. The van der Waals surface area contributed by atoms with Gasteiger partial charge in [-0.2, -0.15) is 0 Å². The number of hydrogen-bond acceptors (Lipinski definition) is 5. The molecule has 0 radical (unpaired) electrons. The molecule has 0 spiro atoms. The van der Waals surface area contributed by atoms with E-state index in [1.165, 1.54) is 0 Å². The minimum atomic E-state index is 0.577. The van der Waals surface area contributed by atoms with Crippen molar-refractivity contribution in [3.8, 4) is 0 Å². The minimum Gasteiger partial charge on any atom is -0.329 e. The van der Waals surface area contributed by atoms with E-state index in [0.717, 1.165) is 36.7 Å². The third kappa shape index (κ3) is 4.11. The van der Waals surface area contributed by atoms with Crippen LogP contribution in [-0.2, 0) is 19.6 Å². The van der Waals surface area contributed by atoms with Crippen LogP contribution in [0.1, 0.15) is 24.0 Å². The van der Waals surface area contributed by atoms with Crippen LogP contribution in [0.15, 0.2) is 24.4 Å². The molecule has 0 atom stereocenters. The van der Waals surface area contributed by atoms with Crippen molar-refractivity contribution in [3.05, 3.63) is 41.5 Å². The second-order valence-electron chi connectivity index (χ2n) is 4.84. The largest absolute Gasteiger partial charge is 0.329 e. The van der Waals surface area contributed by atoms with Gasteiger partial charge in [-0.15, -0.1) is 5.10 Å². The Bertz CT molecular complexity index is 536. The minimum absolute atomic E-state index is 0.577. The Labute approximate surface area is 119 Å². The predicted molar refractivity (Wildman–Crippen MR) is 77.8 cm³/mol. The third-order valence-electron chi connectivity index (χ3n) is 3.11. The molecule has 0 bridgehead atoms. The van der Waals surface area contributed by atoms with Crippen LogP contribution in [0.3, 0.4) is 0 Å². The average Bonchev–Trinajstić information content (AvgIpc) is 2.86. The van der Waals surface area contributed by atoms with E-state index in [0.29, 0.717) is 13.1 Å². The monoisotopic (exact) mass is 274 g/mol. The van der Waals surface area contributed by atoms with Gasteiger partial charge < -0.3 is 5.73 Å². The Balaban J connectivity index is 1.97. The summed E-state index contributed by atoms with van der Waals surface area (Å²) in [5.41, 5.74) is 8.60. The molecule has 2 rings (SSSR count). The van der Waals surface area contributed by atoms with E-state index in [9.17, 15) is 0 Å². The van der Waals surface area contributed by atoms with Crippen LogP contribution in [0.4, 0.5) is 0 Å². The molecule has 2 heterocycles. The Kier molecular flexibility index (Phi) is 5.20. The molecule has 0 aromatic carbocycles. The van der Waals surface area contributed by atoms with E-state index >= 15 is 0 Å². The lowest BCUT2D eigenvalue weighted by molar-refractivity contribution is 0.264. The highest BCUT2D eigenvalue weighted by Gasteiger charge is 2.09. The fourth-order valence-corrected chi connectivity index (χ4v) is 2.08. The molecule has 2 N–H and O–H groups in total. The van der Waals surface area contributed by atoms with Gasteiger partial charge in [0.15, 0.2) is 0 Å². The van der Waals surface area contributed by atoms with Crippen LogP contribution < -0.4 is 5.73 Å². The maximum absolute atomic E-state index is 5.51. The van der Waals surface area contributed by atoms with Gasteiger partial charge in [0.2, 0.25) is 0 Å². The molecule has 0 saturated heterocycles. The zero-order chi connectivity index (χ0) is 14.4. The first-order chi connectivity index (χ1) is 9.71. The smallest absolute Gasteiger partial charge is 0.0967 e. The zero-order valence-corrected chi connectivity index (χ0v) is 12.2. The molecule has 2 aromatic heterocycles. The van der Waals surface area contributed by atoms with E-state index in [1.54, 1.807) is 4.68 Å². The Morgan fingerprint density at radius 1 is 1.25 bits per heavy atom. The first-order valence-corrected chi connectivity index (χ1v) is 6.95. The summed E-state index contributed by atoms with van der Waals surface area (Å²) in [6.07, 6.45) is 1.96. The first kappa shape index (κ1) is 14.6. The van der Waals surface area contributed by atoms with Gasteiger partial charge in [-0.1, -0.05) is 18.2 Å². The molecule has 6 heteroatoms. The molecule has 0 aliphatic rings. The van der Waals surface area contributed by atoms with Crippen LogP contribution in [0.5, 0.6) is 0 Å². The van der Waals surface area contributed by atoms with E-state index in [4.69, 9.17) is 5.73 Å². The third-order valence-corrected chi connectivity index (χ3v) is 3.11. The number of aryl methyl sites for hydroxylation is 1. The quantitative estimate of drug-likeness (QED) is 0.814. The van der Waals surface area contributed by atoms with Crippen molar-refractivity contribution >= 4 is 0 Å². The summed E-state index contributed by atoms with van der Waals surface area (Å²) >= 11 is 0. The van der Waals surface area contributed by atoms with Gasteiger partial charge in [0.1, 0.15) is 0 Å². The fraction of sp³-hybridized carbons (Fsp3) is 0.500. The van der Waals surface area contributed by atoms with Crippen LogP contribution in [0.2, 0.25) is 0 Å². The lowest BCUT2D eigenvalue weighted by Crippen LogP contribution is -2.23. The topological polar surface area (TPSA) is 72.9 Å². The maximum atomic E-state index is 5.51. The van der Waals surface area contributed by atoms with Crippen molar-refractivity contribution in [2.75, 3.05) is 13.1 Å². The SMILES string of the molecule is CCN(Cc1cn(CCN)nn1)Cc1cccc(C)n1. The number of nitrogens with two attached hydrogens (primary N) is 1. The van der Waals surface area contributed by atoms with Gasteiger partial charge in [0.05, 0.1) is 17.9 Å². The van der Waals surface area contributed by atoms with Crippen LogP contribution in [0.25, 0.3) is 0 Å². The molecule has 0 unspecified atom stereocenters. The number of nitrogens with zero attached hydrogens (tertiary/aromatic N) is 5. The summed E-state index contributed by atoms with van der Waals surface area (Å²) in [6, 6.07) is 6.11. The highest BCUT2D eigenvalue weighted by Crippen LogP contribution is 2.07. The summed E-state index contributed by atoms with van der Waals surface area (Å²) in [5.74, 6) is 0. The molecule has 0 fully saturated rings. The number of pyridine rings is 1. The number of aromatic nitrogens is 4. The van der Waals surface area contributed by atoms with E-state index < -0.39 is 0 Å². The Morgan fingerprint density at radius 2 is 2.05 bits per heavy atom. The van der Waals surface area contributed by atoms with Gasteiger partial charge in [0.25, 0.3) is 0 Å². The molecule has 0 aliphatic heterocycles. The number of hydrogen-bond donors (Lipinski definition) is 1. The van der Waals surface area contributed by atoms with Gasteiger partial charge in [-0.25, -0.2) is 0 Å². The van der Waals surface area contributed by atoms with Crippen molar-refractivity contribution in [2.24, 2.45) is 5.73 Å². The van der Waals surface area contributed by atoms with Crippen molar-refractivity contribution in [2.45, 2.75) is 33.5 Å². The second-order valence-corrected chi connectivity index (χ2v) is 4.84. The lowest BCUT2D eigenvalue weighted by atomic mass is 10.3. The predicted octanol–water partition coefficient (Wildman–Crippen LogP) is 0.962. The molecule has 108 valence electrons. The molecular formula is C14H22N6. The summed E-state index contributed by atoms with van der Waals surface area (Å²) in [7, 11) is 0. The second kappa shape index (κ2) is 7.12. The van der Waals surface area contributed by atoms with Crippen LogP contribution >= 0.6 is 0 Å². The Morgan fingerprint density at radius 3 is 2.75 bits per heavy atom. The highest BCUT2D eigenvalue weighted by atomic mass is 15.4. The van der Waals surface area contributed by atoms with Gasteiger partial charge in [-0.3, -0.25) is 14.6 Å². The first-order valence-electron chi connectivity index (χ1n) is 6.95. The lowest BCUT2D eigenvalue weighted by Gasteiger charge is -2.18. The highest BCUT2D eigenvalue weighted by molar-refractivity contribution is 5.10. The molecule has 2 aromatic rings. The van der Waals surface area contributed by atoms with Crippen molar-refractivity contribution in [1.29, 1.82) is 0 Å². The normalized spacial score (nSPS) is 11.2. The Hall–Kier alpha value is -1.79.